The second kappa shape index (κ2) is 5.56. The van der Waals surface area contributed by atoms with E-state index in [1.807, 2.05) is 24.9 Å². The van der Waals surface area contributed by atoms with E-state index in [2.05, 4.69) is 24.0 Å². The van der Waals surface area contributed by atoms with Gasteiger partial charge in [0.05, 0.1) is 11.7 Å². The first-order chi connectivity index (χ1) is 10.4. The first-order valence-corrected chi connectivity index (χ1v) is 8.41. The number of H-pyrrole nitrogens is 1. The normalized spacial score (nSPS) is 21.1. The average molecular weight is 318 g/mol. The fourth-order valence-electron chi connectivity index (χ4n) is 3.01. The Kier molecular flexibility index (Phi) is 3.87. The number of rotatable bonds is 2. The Bertz CT molecular complexity index is 686. The van der Waals surface area contributed by atoms with Gasteiger partial charge >= 0.3 is 0 Å². The van der Waals surface area contributed by atoms with E-state index in [0.717, 1.165) is 10.4 Å². The zero-order chi connectivity index (χ0) is 15.9. The smallest absolute Gasteiger partial charge is 0.256 e. The SMILES string of the molecule is Cc1ccc(-c2c[nH]cc2C(=O)N2CCC(O)C(C)(C)C2)s1. The second-order valence-corrected chi connectivity index (χ2v) is 8.00. The molecule has 3 heterocycles. The van der Waals surface area contributed by atoms with Gasteiger partial charge in [-0.3, -0.25) is 4.79 Å². The van der Waals surface area contributed by atoms with Gasteiger partial charge in [0, 0.05) is 46.2 Å². The standard InChI is InChI=1S/C17H22N2O2S/c1-11-4-5-14(22-11)12-8-18-9-13(12)16(21)19-7-6-15(20)17(2,3)10-19/h4-5,8-9,15,18,20H,6-7,10H2,1-3H3. The van der Waals surface area contributed by atoms with Crippen molar-refractivity contribution in [2.75, 3.05) is 13.1 Å². The van der Waals surface area contributed by atoms with Crippen LogP contribution < -0.4 is 0 Å². The highest BCUT2D eigenvalue weighted by Crippen LogP contribution is 2.33. The van der Waals surface area contributed by atoms with E-state index in [0.29, 0.717) is 25.1 Å². The summed E-state index contributed by atoms with van der Waals surface area (Å²) in [6, 6.07) is 4.13. The molecule has 1 atom stereocenters. The average Bonchev–Trinajstić information content (AvgIpc) is 3.09. The summed E-state index contributed by atoms with van der Waals surface area (Å²) in [5, 5.41) is 10.1. The summed E-state index contributed by atoms with van der Waals surface area (Å²) in [6.07, 6.45) is 3.96. The highest BCUT2D eigenvalue weighted by molar-refractivity contribution is 7.15. The van der Waals surface area contributed by atoms with E-state index in [1.165, 1.54) is 4.88 Å². The zero-order valence-corrected chi connectivity index (χ0v) is 14.0. The molecule has 3 rings (SSSR count). The number of carbonyl (C=O) groups excluding carboxylic acids is 1. The molecule has 1 fully saturated rings. The van der Waals surface area contributed by atoms with E-state index >= 15 is 0 Å². The summed E-state index contributed by atoms with van der Waals surface area (Å²) < 4.78 is 0. The van der Waals surface area contributed by atoms with Gasteiger partial charge < -0.3 is 15.0 Å². The molecule has 1 saturated heterocycles. The monoisotopic (exact) mass is 318 g/mol. The lowest BCUT2D eigenvalue weighted by atomic mass is 9.81. The lowest BCUT2D eigenvalue weighted by molar-refractivity contribution is -0.0181. The first kappa shape index (κ1) is 15.3. The molecule has 22 heavy (non-hydrogen) atoms. The van der Waals surface area contributed by atoms with Crippen molar-refractivity contribution in [1.82, 2.24) is 9.88 Å². The van der Waals surface area contributed by atoms with Gasteiger partial charge in [0.2, 0.25) is 0 Å². The lowest BCUT2D eigenvalue weighted by Crippen LogP contribution is -2.50. The van der Waals surface area contributed by atoms with Gasteiger partial charge in [-0.1, -0.05) is 13.8 Å². The number of aromatic nitrogens is 1. The molecule has 4 nitrogen and oxygen atoms in total. The molecule has 118 valence electrons. The van der Waals surface area contributed by atoms with Crippen molar-refractivity contribution in [3.63, 3.8) is 0 Å². The minimum atomic E-state index is -0.345. The number of thiophene rings is 1. The molecule has 2 aromatic heterocycles. The van der Waals surface area contributed by atoms with Gasteiger partial charge in [-0.05, 0) is 25.5 Å². The van der Waals surface area contributed by atoms with Crippen LogP contribution in [0.1, 0.15) is 35.5 Å². The molecule has 0 spiro atoms. The Labute approximate surface area is 134 Å². The van der Waals surface area contributed by atoms with Gasteiger partial charge in [-0.2, -0.15) is 0 Å². The summed E-state index contributed by atoms with van der Waals surface area (Å²) in [4.78, 5) is 20.2. The van der Waals surface area contributed by atoms with E-state index in [1.54, 1.807) is 17.5 Å². The molecule has 0 aromatic carbocycles. The largest absolute Gasteiger partial charge is 0.392 e. The number of aryl methyl sites for hydroxylation is 1. The van der Waals surface area contributed by atoms with Crippen LogP contribution in [0.3, 0.4) is 0 Å². The predicted molar refractivity (Wildman–Crippen MR) is 89.2 cm³/mol. The molecule has 0 aliphatic carbocycles. The van der Waals surface area contributed by atoms with E-state index < -0.39 is 0 Å². The number of aliphatic hydroxyl groups is 1. The molecule has 0 saturated carbocycles. The maximum atomic E-state index is 12.9. The van der Waals surface area contributed by atoms with Crippen molar-refractivity contribution < 1.29 is 9.90 Å². The fraction of sp³-hybridized carbons (Fsp3) is 0.471. The minimum absolute atomic E-state index is 0.0438. The number of hydrogen-bond donors (Lipinski definition) is 2. The molecule has 2 N–H and O–H groups in total. The quantitative estimate of drug-likeness (QED) is 0.893. The Morgan fingerprint density at radius 3 is 2.82 bits per heavy atom. The number of piperidine rings is 1. The van der Waals surface area contributed by atoms with Crippen LogP contribution in [0.2, 0.25) is 0 Å². The van der Waals surface area contributed by atoms with Crippen LogP contribution in [0.15, 0.2) is 24.5 Å². The molecule has 1 aliphatic heterocycles. The van der Waals surface area contributed by atoms with Gasteiger partial charge in [0.15, 0.2) is 0 Å². The molecular formula is C17H22N2O2S. The van der Waals surface area contributed by atoms with Crippen molar-refractivity contribution in [3.05, 3.63) is 35.0 Å². The lowest BCUT2D eigenvalue weighted by Gasteiger charge is -2.41. The number of aliphatic hydroxyl groups excluding tert-OH is 1. The topological polar surface area (TPSA) is 56.3 Å². The first-order valence-electron chi connectivity index (χ1n) is 7.59. The number of carbonyl (C=O) groups is 1. The molecule has 2 aromatic rings. The number of likely N-dealkylation sites (tertiary alicyclic amines) is 1. The third-order valence-corrected chi connectivity index (χ3v) is 5.48. The van der Waals surface area contributed by atoms with E-state index in [4.69, 9.17) is 0 Å². The number of nitrogens with zero attached hydrogens (tertiary/aromatic N) is 1. The van der Waals surface area contributed by atoms with E-state index in [9.17, 15) is 9.90 Å². The molecule has 1 amide bonds. The zero-order valence-electron chi connectivity index (χ0n) is 13.2. The van der Waals surface area contributed by atoms with E-state index in [-0.39, 0.29) is 17.4 Å². The molecule has 1 unspecified atom stereocenters. The van der Waals surface area contributed by atoms with Gasteiger partial charge in [0.1, 0.15) is 0 Å². The minimum Gasteiger partial charge on any atom is -0.392 e. The summed E-state index contributed by atoms with van der Waals surface area (Å²) >= 11 is 1.69. The Balaban J connectivity index is 1.86. The van der Waals surface area contributed by atoms with Crippen LogP contribution >= 0.6 is 11.3 Å². The van der Waals surface area contributed by atoms with Gasteiger partial charge in [-0.15, -0.1) is 11.3 Å². The van der Waals surface area contributed by atoms with Crippen molar-refractivity contribution in [1.29, 1.82) is 0 Å². The highest BCUT2D eigenvalue weighted by atomic mass is 32.1. The van der Waals surface area contributed by atoms with Crippen molar-refractivity contribution in [2.45, 2.75) is 33.3 Å². The third kappa shape index (κ3) is 2.71. The number of amides is 1. The van der Waals surface area contributed by atoms with Crippen LogP contribution in [0.25, 0.3) is 10.4 Å². The molecule has 0 bridgehead atoms. The summed E-state index contributed by atoms with van der Waals surface area (Å²) in [6.45, 7) is 7.28. The van der Waals surface area contributed by atoms with Crippen LogP contribution in [-0.2, 0) is 0 Å². The maximum absolute atomic E-state index is 12.9. The van der Waals surface area contributed by atoms with Crippen molar-refractivity contribution in [3.8, 4) is 10.4 Å². The fourth-order valence-corrected chi connectivity index (χ4v) is 3.91. The van der Waals surface area contributed by atoms with Gasteiger partial charge in [0.25, 0.3) is 5.91 Å². The summed E-state index contributed by atoms with van der Waals surface area (Å²) in [5.41, 5.74) is 1.42. The number of nitrogens with one attached hydrogen (secondary N) is 1. The van der Waals surface area contributed by atoms with Crippen molar-refractivity contribution >= 4 is 17.2 Å². The molecule has 5 heteroatoms. The number of hydrogen-bond acceptors (Lipinski definition) is 3. The number of aromatic amines is 1. The molecule has 1 aliphatic rings. The maximum Gasteiger partial charge on any atom is 0.256 e. The van der Waals surface area contributed by atoms with Crippen molar-refractivity contribution in [2.24, 2.45) is 5.41 Å². The molecular weight excluding hydrogens is 296 g/mol. The third-order valence-electron chi connectivity index (χ3n) is 4.44. The van der Waals surface area contributed by atoms with Crippen LogP contribution in [0.5, 0.6) is 0 Å². The predicted octanol–water partition coefficient (Wildman–Crippen LogP) is 3.28. The highest BCUT2D eigenvalue weighted by Gasteiger charge is 2.37. The summed E-state index contributed by atoms with van der Waals surface area (Å²) in [7, 11) is 0. The van der Waals surface area contributed by atoms with Gasteiger partial charge in [-0.25, -0.2) is 0 Å². The Morgan fingerprint density at radius 1 is 1.41 bits per heavy atom. The van der Waals surface area contributed by atoms with Crippen LogP contribution in [0.4, 0.5) is 0 Å². The Hall–Kier alpha value is -1.59. The van der Waals surface area contributed by atoms with Crippen LogP contribution in [-0.4, -0.2) is 40.1 Å². The Morgan fingerprint density at radius 2 is 2.18 bits per heavy atom. The van der Waals surface area contributed by atoms with Crippen LogP contribution in [0, 0.1) is 12.3 Å². The molecule has 0 radical (unpaired) electrons. The summed E-state index contributed by atoms with van der Waals surface area (Å²) in [5.74, 6) is 0.0438. The second-order valence-electron chi connectivity index (χ2n) is 6.71.